The van der Waals surface area contributed by atoms with Gasteiger partial charge in [0.1, 0.15) is 5.69 Å². The van der Waals surface area contributed by atoms with Crippen LogP contribution in [0.1, 0.15) is 38.8 Å². The van der Waals surface area contributed by atoms with Crippen molar-refractivity contribution in [2.75, 3.05) is 25.4 Å². The van der Waals surface area contributed by atoms with Gasteiger partial charge in [-0.1, -0.05) is 17.5 Å². The summed E-state index contributed by atoms with van der Waals surface area (Å²) in [5.41, 5.74) is 0.557. The smallest absolute Gasteiger partial charge is 0.306 e. The molecule has 0 N–H and O–H groups in total. The van der Waals surface area contributed by atoms with Crippen LogP contribution in [0.25, 0.3) is 0 Å². The third kappa shape index (κ3) is 6.22. The first-order valence-electron chi connectivity index (χ1n) is 8.71. The van der Waals surface area contributed by atoms with Crippen molar-refractivity contribution in [1.82, 2.24) is 9.88 Å². The van der Waals surface area contributed by atoms with Crippen molar-refractivity contribution in [3.05, 3.63) is 23.0 Å². The Morgan fingerprint density at radius 3 is 2.81 bits per heavy atom. The van der Waals surface area contributed by atoms with Crippen LogP contribution in [0.15, 0.2) is 17.2 Å². The van der Waals surface area contributed by atoms with Gasteiger partial charge in [-0.2, -0.15) is 0 Å². The number of esters is 1. The molecule has 2 rings (SSSR count). The minimum Gasteiger partial charge on any atom is -0.466 e. The number of aromatic nitrogens is 1. The maximum Gasteiger partial charge on any atom is 0.306 e. The number of hydrogen-bond acceptors (Lipinski definition) is 5. The minimum atomic E-state index is -0.206. The molecule has 26 heavy (non-hydrogen) atoms. The molecule has 0 spiro atoms. The van der Waals surface area contributed by atoms with Crippen LogP contribution in [0.3, 0.4) is 0 Å². The predicted molar refractivity (Wildman–Crippen MR) is 103 cm³/mol. The number of rotatable bonds is 5. The second-order valence-corrected chi connectivity index (χ2v) is 7.44. The molecule has 0 bridgehead atoms. The van der Waals surface area contributed by atoms with Crippen molar-refractivity contribution < 1.29 is 14.3 Å². The van der Waals surface area contributed by atoms with Gasteiger partial charge in [-0.05, 0) is 31.8 Å². The van der Waals surface area contributed by atoms with E-state index in [2.05, 4.69) is 16.8 Å². The maximum atomic E-state index is 11.4. The monoisotopic (exact) mass is 394 g/mol. The van der Waals surface area contributed by atoms with E-state index in [1.807, 2.05) is 11.0 Å². The number of thioether (sulfide) groups is 1. The lowest BCUT2D eigenvalue weighted by atomic mass is 9.97. The summed E-state index contributed by atoms with van der Waals surface area (Å²) in [7, 11) is 0. The fourth-order valence-corrected chi connectivity index (χ4v) is 3.80. The number of pyridine rings is 1. The number of piperidine rings is 1. The summed E-state index contributed by atoms with van der Waals surface area (Å²) in [6.45, 7) is 5.28. The normalized spacial score (nSPS) is 14.5. The van der Waals surface area contributed by atoms with Gasteiger partial charge in [-0.25, -0.2) is 4.98 Å². The van der Waals surface area contributed by atoms with Gasteiger partial charge in [-0.3, -0.25) is 9.59 Å². The summed E-state index contributed by atoms with van der Waals surface area (Å²) < 4.78 is 4.92. The fourth-order valence-electron chi connectivity index (χ4n) is 2.61. The minimum absolute atomic E-state index is 0.119. The summed E-state index contributed by atoms with van der Waals surface area (Å²) in [5, 5.41) is 0.523. The van der Waals surface area contributed by atoms with E-state index in [4.69, 9.17) is 16.3 Å². The first-order chi connectivity index (χ1) is 12.5. The predicted octanol–water partition coefficient (Wildman–Crippen LogP) is 3.39. The standard InChI is InChI=1S/C19H23ClN2O3S/c1-3-25-18(24)9-13-26-17-6-10-21-16(19(17)20)5-4-15-7-11-22(12-8-15)14(2)23/h6,10,15H,3,7-9,11-13H2,1-2H3. The molecule has 5 nitrogen and oxygen atoms in total. The molecule has 140 valence electrons. The number of carbonyl (C=O) groups is 2. The SMILES string of the molecule is CCOC(=O)CCSc1ccnc(C#CC2CCN(C(C)=O)CC2)c1Cl. The number of amides is 1. The molecule has 2 heterocycles. The topological polar surface area (TPSA) is 59.5 Å². The molecule has 1 aromatic rings. The lowest BCUT2D eigenvalue weighted by Gasteiger charge is -2.28. The van der Waals surface area contributed by atoms with Gasteiger partial charge in [0.2, 0.25) is 5.91 Å². The van der Waals surface area contributed by atoms with Gasteiger partial charge in [0.05, 0.1) is 18.1 Å². The molecule has 0 aliphatic carbocycles. The molecule has 1 saturated heterocycles. The van der Waals surface area contributed by atoms with Crippen LogP contribution in [0.4, 0.5) is 0 Å². The highest BCUT2D eigenvalue weighted by Crippen LogP contribution is 2.29. The summed E-state index contributed by atoms with van der Waals surface area (Å²) >= 11 is 7.91. The molecule has 1 aliphatic rings. The molecule has 1 fully saturated rings. The fraction of sp³-hybridized carbons (Fsp3) is 0.526. The number of likely N-dealkylation sites (tertiary alicyclic amines) is 1. The molecule has 1 aliphatic heterocycles. The third-order valence-electron chi connectivity index (χ3n) is 4.06. The molecular weight excluding hydrogens is 372 g/mol. The Hall–Kier alpha value is -1.71. The lowest BCUT2D eigenvalue weighted by Crippen LogP contribution is -2.36. The quantitative estimate of drug-likeness (QED) is 0.435. The van der Waals surface area contributed by atoms with Gasteiger partial charge >= 0.3 is 5.97 Å². The van der Waals surface area contributed by atoms with E-state index < -0.39 is 0 Å². The van der Waals surface area contributed by atoms with Gasteiger partial charge in [-0.15, -0.1) is 11.8 Å². The lowest BCUT2D eigenvalue weighted by molar-refractivity contribution is -0.142. The van der Waals surface area contributed by atoms with E-state index in [-0.39, 0.29) is 17.8 Å². The van der Waals surface area contributed by atoms with E-state index in [1.54, 1.807) is 20.0 Å². The van der Waals surface area contributed by atoms with E-state index in [9.17, 15) is 9.59 Å². The highest BCUT2D eigenvalue weighted by Gasteiger charge is 2.19. The first-order valence-corrected chi connectivity index (χ1v) is 10.1. The number of carbonyl (C=O) groups excluding carboxylic acids is 2. The average molecular weight is 395 g/mol. The summed E-state index contributed by atoms with van der Waals surface area (Å²) in [4.78, 5) is 29.7. The number of halogens is 1. The zero-order valence-electron chi connectivity index (χ0n) is 15.1. The zero-order chi connectivity index (χ0) is 18.9. The van der Waals surface area contributed by atoms with E-state index in [1.165, 1.54) is 11.8 Å². The highest BCUT2D eigenvalue weighted by atomic mass is 35.5. The molecule has 7 heteroatoms. The van der Waals surface area contributed by atoms with E-state index in [0.29, 0.717) is 29.5 Å². The molecule has 1 amide bonds. The van der Waals surface area contributed by atoms with Crippen molar-refractivity contribution in [1.29, 1.82) is 0 Å². The Morgan fingerprint density at radius 1 is 1.42 bits per heavy atom. The van der Waals surface area contributed by atoms with Crippen LogP contribution in [0.2, 0.25) is 5.02 Å². The Bertz CT molecular complexity index is 706. The molecule has 0 unspecified atom stereocenters. The van der Waals surface area contributed by atoms with Gasteiger partial charge in [0, 0.05) is 42.8 Å². The molecule has 1 aromatic heterocycles. The molecular formula is C19H23ClN2O3S. The molecule has 0 radical (unpaired) electrons. The van der Waals surface area contributed by atoms with Crippen molar-refractivity contribution in [3.63, 3.8) is 0 Å². The zero-order valence-corrected chi connectivity index (χ0v) is 16.7. The maximum absolute atomic E-state index is 11.4. The van der Waals surface area contributed by atoms with E-state index in [0.717, 1.165) is 30.8 Å². The second-order valence-electron chi connectivity index (χ2n) is 5.92. The number of hydrogen-bond donors (Lipinski definition) is 0. The summed E-state index contributed by atoms with van der Waals surface area (Å²) in [6, 6.07) is 1.83. The van der Waals surface area contributed by atoms with Crippen LogP contribution in [-0.2, 0) is 14.3 Å². The van der Waals surface area contributed by atoms with Gasteiger partial charge < -0.3 is 9.64 Å². The first kappa shape index (κ1) is 20.6. The van der Waals surface area contributed by atoms with Crippen molar-refractivity contribution >= 4 is 35.2 Å². The molecule has 0 atom stereocenters. The summed E-state index contributed by atoms with van der Waals surface area (Å²) in [6.07, 6.45) is 3.77. The Balaban J connectivity index is 1.93. The van der Waals surface area contributed by atoms with Gasteiger partial charge in [0.15, 0.2) is 0 Å². The Morgan fingerprint density at radius 2 is 2.15 bits per heavy atom. The number of nitrogens with zero attached hydrogens (tertiary/aromatic N) is 2. The van der Waals surface area contributed by atoms with Gasteiger partial charge in [0.25, 0.3) is 0 Å². The van der Waals surface area contributed by atoms with Crippen LogP contribution < -0.4 is 0 Å². The molecule has 0 aromatic carbocycles. The molecule has 0 saturated carbocycles. The summed E-state index contributed by atoms with van der Waals surface area (Å²) in [5.74, 6) is 7.09. The van der Waals surface area contributed by atoms with Crippen LogP contribution in [0.5, 0.6) is 0 Å². The van der Waals surface area contributed by atoms with Crippen LogP contribution in [0, 0.1) is 17.8 Å². The third-order valence-corrected chi connectivity index (χ3v) is 5.61. The van der Waals surface area contributed by atoms with Crippen LogP contribution in [-0.4, -0.2) is 47.2 Å². The van der Waals surface area contributed by atoms with Crippen LogP contribution >= 0.6 is 23.4 Å². The van der Waals surface area contributed by atoms with E-state index >= 15 is 0 Å². The van der Waals surface area contributed by atoms with Crippen molar-refractivity contribution in [3.8, 4) is 11.8 Å². The second kappa shape index (κ2) is 10.4. The van der Waals surface area contributed by atoms with Crippen molar-refractivity contribution in [2.45, 2.75) is 38.0 Å². The highest BCUT2D eigenvalue weighted by molar-refractivity contribution is 7.99. The average Bonchev–Trinajstić information content (AvgIpc) is 2.62. The largest absolute Gasteiger partial charge is 0.466 e. The Labute approximate surface area is 163 Å². The Kier molecular flexibility index (Phi) is 8.27. The van der Waals surface area contributed by atoms with Crippen molar-refractivity contribution in [2.24, 2.45) is 5.92 Å². The number of ether oxygens (including phenoxy) is 1.